The Balaban J connectivity index is 1.37. The molecule has 1 aliphatic heterocycles. The first-order valence-electron chi connectivity index (χ1n) is 12.1. The van der Waals surface area contributed by atoms with Gasteiger partial charge in [0.15, 0.2) is 9.84 Å². The van der Waals surface area contributed by atoms with Gasteiger partial charge in [0.1, 0.15) is 12.2 Å². The number of hydrogen-bond donors (Lipinski definition) is 1. The molecule has 2 unspecified atom stereocenters. The molecule has 1 amide bonds. The van der Waals surface area contributed by atoms with Crippen LogP contribution in [-0.2, 0) is 43.2 Å². The van der Waals surface area contributed by atoms with Gasteiger partial charge < -0.3 is 9.88 Å². The van der Waals surface area contributed by atoms with Gasteiger partial charge in [-0.25, -0.2) is 13.4 Å². The van der Waals surface area contributed by atoms with Gasteiger partial charge in [0, 0.05) is 12.2 Å². The number of rotatable bonds is 7. The maximum Gasteiger partial charge on any atom is 0.486 e. The summed E-state index contributed by atoms with van der Waals surface area (Å²) < 4.78 is 103. The third-order valence-corrected chi connectivity index (χ3v) is 8.22. The van der Waals surface area contributed by atoms with Crippen LogP contribution in [0.3, 0.4) is 0 Å². The van der Waals surface area contributed by atoms with Crippen molar-refractivity contribution < 1.29 is 44.6 Å². The maximum atomic E-state index is 13.9. The Morgan fingerprint density at radius 2 is 1.85 bits per heavy atom. The van der Waals surface area contributed by atoms with Gasteiger partial charge in [-0.05, 0) is 41.5 Å². The van der Waals surface area contributed by atoms with Crippen molar-refractivity contribution in [1.82, 2.24) is 9.55 Å². The summed E-state index contributed by atoms with van der Waals surface area (Å²) in [5.74, 6) is -1.79. The minimum Gasteiger partial charge on any atom is -0.326 e. The second-order valence-corrected chi connectivity index (χ2v) is 11.5. The number of allylic oxidation sites excluding steroid dienone is 2. The van der Waals surface area contributed by atoms with Crippen LogP contribution in [0.15, 0.2) is 71.2 Å². The summed E-state index contributed by atoms with van der Waals surface area (Å²) in [4.78, 5) is 16.4. The first kappa shape index (κ1) is 27.9. The van der Waals surface area contributed by atoms with E-state index in [2.05, 4.69) is 19.8 Å². The number of aromatic nitrogens is 2. The fraction of sp³-hybridized carbons (Fsp3) is 0.308. The Bertz CT molecular complexity index is 1630. The first-order valence-corrected chi connectivity index (χ1v) is 13.7. The van der Waals surface area contributed by atoms with Crippen LogP contribution in [0.5, 0.6) is 0 Å². The quantitative estimate of drug-likeness (QED) is 0.399. The molecule has 5 rings (SSSR count). The van der Waals surface area contributed by atoms with E-state index >= 15 is 0 Å². The van der Waals surface area contributed by atoms with Gasteiger partial charge >= 0.3 is 12.5 Å². The van der Waals surface area contributed by atoms with Crippen LogP contribution >= 0.6 is 0 Å². The molecule has 0 radical (unpaired) electrons. The van der Waals surface area contributed by atoms with Crippen LogP contribution in [0, 0.1) is 0 Å². The fourth-order valence-electron chi connectivity index (χ4n) is 4.55. The molecule has 0 saturated carbocycles. The van der Waals surface area contributed by atoms with Crippen LogP contribution in [0.25, 0.3) is 11.0 Å². The van der Waals surface area contributed by atoms with Gasteiger partial charge in [0.05, 0.1) is 28.1 Å². The Morgan fingerprint density at radius 1 is 1.12 bits per heavy atom. The van der Waals surface area contributed by atoms with Crippen LogP contribution in [0.1, 0.15) is 18.3 Å². The van der Waals surface area contributed by atoms with Crippen molar-refractivity contribution in [3.8, 4) is 0 Å². The molecule has 14 heteroatoms. The minimum atomic E-state index is -4.86. The number of nitrogens with one attached hydrogen (secondary N) is 1. The van der Waals surface area contributed by atoms with Crippen LogP contribution in [0.4, 0.5) is 27.6 Å². The topological polar surface area (TPSA) is 99.5 Å². The molecular formula is C26H22F5N3O5S. The number of benzene rings is 2. The molecule has 40 heavy (non-hydrogen) atoms. The molecule has 1 fully saturated rings. The summed E-state index contributed by atoms with van der Waals surface area (Å²) in [6.45, 7) is 1.08. The van der Waals surface area contributed by atoms with E-state index in [1.807, 2.05) is 0 Å². The number of imidazole rings is 1. The molecule has 212 valence electrons. The molecule has 0 bridgehead atoms. The van der Waals surface area contributed by atoms with Crippen molar-refractivity contribution in [2.24, 2.45) is 0 Å². The summed E-state index contributed by atoms with van der Waals surface area (Å²) in [5, 5.41) is 2.60. The second-order valence-electron chi connectivity index (χ2n) is 9.21. The molecule has 1 aliphatic carbocycles. The second kappa shape index (κ2) is 10.1. The normalized spacial score (nSPS) is 20.4. The number of alkyl halides is 5. The lowest BCUT2D eigenvalue weighted by Crippen LogP contribution is -2.28. The molecule has 1 saturated heterocycles. The van der Waals surface area contributed by atoms with Gasteiger partial charge in [-0.15, -0.1) is 8.78 Å². The van der Waals surface area contributed by atoms with Crippen molar-refractivity contribution in [1.29, 1.82) is 0 Å². The van der Waals surface area contributed by atoms with E-state index in [0.717, 1.165) is 4.57 Å². The predicted octanol–water partition coefficient (Wildman–Crippen LogP) is 4.86. The molecular weight excluding hydrogens is 561 g/mol. The van der Waals surface area contributed by atoms with E-state index in [9.17, 15) is 35.2 Å². The number of halogens is 5. The average Bonchev–Trinajstić information content (AvgIpc) is 3.40. The monoisotopic (exact) mass is 583 g/mol. The largest absolute Gasteiger partial charge is 0.486 e. The highest BCUT2D eigenvalue weighted by molar-refractivity contribution is 7.91. The third-order valence-electron chi connectivity index (χ3n) is 6.47. The van der Waals surface area contributed by atoms with E-state index in [1.165, 1.54) is 67.6 Å². The van der Waals surface area contributed by atoms with Crippen molar-refractivity contribution in [3.63, 3.8) is 0 Å². The molecule has 1 aromatic heterocycles. The van der Waals surface area contributed by atoms with E-state index in [-0.39, 0.29) is 39.4 Å². The van der Waals surface area contributed by atoms with Crippen LogP contribution < -0.4 is 5.32 Å². The summed E-state index contributed by atoms with van der Waals surface area (Å²) >= 11 is 0. The smallest absolute Gasteiger partial charge is 0.326 e. The van der Waals surface area contributed by atoms with E-state index < -0.39 is 52.8 Å². The van der Waals surface area contributed by atoms with Crippen molar-refractivity contribution in [2.45, 2.75) is 49.5 Å². The summed E-state index contributed by atoms with van der Waals surface area (Å²) in [7, 11) is -3.39. The molecule has 3 aromatic rings. The zero-order valence-electron chi connectivity index (χ0n) is 20.8. The standard InChI is InChI=1S/C26H22F5N3O5S/c1-2-40(36,37)18-9-6-15(7-10-18)12-22(35)32-17-8-11-20-19(13-17)33-24(25(27,28)29)34(20)14-16-4-3-5-21-23(16)39-26(30,31)38-21/h3-11,13,21,23H,2,12,14H2,1H3,(H,32,35). The van der Waals surface area contributed by atoms with E-state index in [1.54, 1.807) is 0 Å². The molecule has 2 aliphatic rings. The molecule has 1 N–H and O–H groups in total. The lowest BCUT2D eigenvalue weighted by atomic mass is 9.99. The molecule has 2 atom stereocenters. The summed E-state index contributed by atoms with van der Waals surface area (Å²) in [6, 6.07) is 9.85. The molecule has 0 spiro atoms. The number of nitrogens with zero attached hydrogens (tertiary/aromatic N) is 2. The number of carbonyl (C=O) groups is 1. The fourth-order valence-corrected chi connectivity index (χ4v) is 5.44. The lowest BCUT2D eigenvalue weighted by molar-refractivity contribution is -0.348. The number of amides is 1. The zero-order chi connectivity index (χ0) is 28.9. The predicted molar refractivity (Wildman–Crippen MR) is 133 cm³/mol. The van der Waals surface area contributed by atoms with Crippen molar-refractivity contribution in [2.75, 3.05) is 11.1 Å². The Kier molecular flexibility index (Phi) is 7.04. The van der Waals surface area contributed by atoms with Gasteiger partial charge in [-0.1, -0.05) is 37.3 Å². The van der Waals surface area contributed by atoms with E-state index in [0.29, 0.717) is 5.56 Å². The summed E-state index contributed by atoms with van der Waals surface area (Å²) in [5.41, 5.74) is 0.860. The van der Waals surface area contributed by atoms with Gasteiger partial charge in [-0.3, -0.25) is 14.3 Å². The lowest BCUT2D eigenvalue weighted by Gasteiger charge is -2.21. The van der Waals surface area contributed by atoms with Gasteiger partial charge in [-0.2, -0.15) is 13.2 Å². The highest BCUT2D eigenvalue weighted by Gasteiger charge is 2.50. The minimum absolute atomic E-state index is 0.0605. The molecule has 2 aromatic carbocycles. The van der Waals surface area contributed by atoms with Crippen molar-refractivity contribution in [3.05, 3.63) is 77.7 Å². The number of hydrogen-bond acceptors (Lipinski definition) is 6. The number of sulfone groups is 1. The zero-order valence-corrected chi connectivity index (χ0v) is 21.6. The summed E-state index contributed by atoms with van der Waals surface area (Å²) in [6.07, 6.45) is -7.10. The Morgan fingerprint density at radius 3 is 2.52 bits per heavy atom. The highest BCUT2D eigenvalue weighted by atomic mass is 32.2. The highest BCUT2D eigenvalue weighted by Crippen LogP contribution is 2.39. The van der Waals surface area contributed by atoms with E-state index in [4.69, 9.17) is 0 Å². The number of fused-ring (bicyclic) bond motifs is 2. The van der Waals surface area contributed by atoms with Gasteiger partial charge in [0.2, 0.25) is 11.7 Å². The average molecular weight is 584 g/mol. The Labute approximate surface area is 225 Å². The van der Waals surface area contributed by atoms with Crippen LogP contribution in [-0.4, -0.2) is 48.1 Å². The van der Waals surface area contributed by atoms with Crippen molar-refractivity contribution >= 4 is 32.5 Å². The SMILES string of the molecule is CCS(=O)(=O)c1ccc(CC(=O)Nc2ccc3c(c2)nc(C(F)(F)F)n3CC2=CC=CC3OC(F)(F)OC23)cc1. The Hall–Kier alpha value is -3.62. The maximum absolute atomic E-state index is 13.9. The number of carbonyl (C=O) groups excluding carboxylic acids is 1. The number of anilines is 1. The molecule has 8 nitrogen and oxygen atoms in total. The molecule has 2 heterocycles. The van der Waals surface area contributed by atoms with Crippen LogP contribution in [0.2, 0.25) is 0 Å². The third kappa shape index (κ3) is 5.64. The number of ether oxygens (including phenoxy) is 2. The first-order chi connectivity index (χ1) is 18.8. The van der Waals surface area contributed by atoms with Gasteiger partial charge in [0.25, 0.3) is 0 Å².